The first-order valence-corrected chi connectivity index (χ1v) is 7.70. The number of hydrogen-bond donors (Lipinski definition) is 1. The van der Waals surface area contributed by atoms with Crippen molar-refractivity contribution in [3.63, 3.8) is 0 Å². The first-order valence-electron chi connectivity index (χ1n) is 7.29. The van der Waals surface area contributed by atoms with Crippen LogP contribution in [0, 0.1) is 5.92 Å². The van der Waals surface area contributed by atoms with Gasteiger partial charge in [0, 0.05) is 32.0 Å². The molecule has 108 valence electrons. The number of nitrogens with two attached hydrogens (primary N) is 1. The molecule has 2 fully saturated rings. The molecule has 2 rings (SSSR count). The summed E-state index contributed by atoms with van der Waals surface area (Å²) in [7, 11) is 0. The molecule has 1 amide bonds. The topological polar surface area (TPSA) is 55.6 Å². The third-order valence-corrected chi connectivity index (χ3v) is 4.17. The Labute approximate surface area is 120 Å². The number of hydrogen-bond acceptors (Lipinski definition) is 3. The minimum absolute atomic E-state index is 0.277. The highest BCUT2D eigenvalue weighted by Crippen LogP contribution is 2.35. The van der Waals surface area contributed by atoms with Gasteiger partial charge in [-0.15, -0.1) is 0 Å². The number of amides is 1. The maximum atomic E-state index is 12.3. The molecule has 0 unspecified atom stereocenters. The van der Waals surface area contributed by atoms with E-state index in [1.165, 1.54) is 0 Å². The van der Waals surface area contributed by atoms with E-state index >= 15 is 0 Å². The normalized spacial score (nSPS) is 25.7. The standard InChI is InChI=1S/C14H24N2O2S/c1-2-18-12-7-10(8-12)9-14(17)16(11-3-4-11)6-5-13(15)19/h10-12H,2-9H2,1H3,(H2,15,19). The molecule has 0 radical (unpaired) electrons. The molecule has 2 saturated carbocycles. The van der Waals surface area contributed by atoms with E-state index in [9.17, 15) is 4.79 Å². The lowest BCUT2D eigenvalue weighted by atomic mass is 9.79. The van der Waals surface area contributed by atoms with Gasteiger partial charge in [-0.3, -0.25) is 4.79 Å². The maximum absolute atomic E-state index is 12.3. The highest BCUT2D eigenvalue weighted by Gasteiger charge is 2.36. The summed E-state index contributed by atoms with van der Waals surface area (Å²) in [5.41, 5.74) is 5.53. The van der Waals surface area contributed by atoms with E-state index in [4.69, 9.17) is 22.7 Å². The molecule has 0 atom stereocenters. The second-order valence-corrected chi connectivity index (χ2v) is 6.18. The number of carbonyl (C=O) groups excluding carboxylic acids is 1. The van der Waals surface area contributed by atoms with E-state index < -0.39 is 0 Å². The van der Waals surface area contributed by atoms with Crippen LogP contribution in [-0.2, 0) is 9.53 Å². The van der Waals surface area contributed by atoms with Crippen LogP contribution < -0.4 is 5.73 Å². The zero-order chi connectivity index (χ0) is 13.8. The monoisotopic (exact) mass is 284 g/mol. The van der Waals surface area contributed by atoms with Crippen LogP contribution in [0.5, 0.6) is 0 Å². The third-order valence-electron chi connectivity index (χ3n) is 3.97. The van der Waals surface area contributed by atoms with Gasteiger partial charge < -0.3 is 15.4 Å². The molecule has 0 aromatic carbocycles. The predicted molar refractivity (Wildman–Crippen MR) is 78.9 cm³/mol. The molecule has 19 heavy (non-hydrogen) atoms. The zero-order valence-corrected chi connectivity index (χ0v) is 12.5. The Morgan fingerprint density at radius 1 is 1.42 bits per heavy atom. The molecule has 2 aliphatic rings. The number of ether oxygens (including phenoxy) is 1. The van der Waals surface area contributed by atoms with Crippen molar-refractivity contribution in [2.75, 3.05) is 13.2 Å². The van der Waals surface area contributed by atoms with E-state index in [-0.39, 0.29) is 5.91 Å². The van der Waals surface area contributed by atoms with Gasteiger partial charge in [0.25, 0.3) is 0 Å². The molecular formula is C14H24N2O2S. The molecule has 0 aromatic heterocycles. The van der Waals surface area contributed by atoms with Crippen molar-refractivity contribution in [2.45, 2.75) is 57.6 Å². The lowest BCUT2D eigenvalue weighted by Gasteiger charge is -2.35. The molecule has 0 spiro atoms. The maximum Gasteiger partial charge on any atom is 0.223 e. The minimum atomic E-state index is 0.277. The fourth-order valence-corrected chi connectivity index (χ4v) is 2.80. The summed E-state index contributed by atoms with van der Waals surface area (Å²) >= 11 is 4.90. The van der Waals surface area contributed by atoms with Crippen molar-refractivity contribution in [2.24, 2.45) is 11.7 Å². The number of carbonyl (C=O) groups is 1. The van der Waals surface area contributed by atoms with Crippen LogP contribution in [0.4, 0.5) is 0 Å². The van der Waals surface area contributed by atoms with Crippen LogP contribution in [-0.4, -0.2) is 41.1 Å². The largest absolute Gasteiger partial charge is 0.393 e. The average molecular weight is 284 g/mol. The Morgan fingerprint density at radius 2 is 2.11 bits per heavy atom. The molecule has 0 heterocycles. The van der Waals surface area contributed by atoms with Crippen molar-refractivity contribution in [3.05, 3.63) is 0 Å². The van der Waals surface area contributed by atoms with Crippen molar-refractivity contribution in [1.29, 1.82) is 0 Å². The summed E-state index contributed by atoms with van der Waals surface area (Å²) in [5, 5.41) is 0. The zero-order valence-electron chi connectivity index (χ0n) is 11.6. The SMILES string of the molecule is CCOC1CC(CC(=O)N(CCC(N)=S)C2CC2)C1. The molecule has 5 heteroatoms. The van der Waals surface area contributed by atoms with Crippen molar-refractivity contribution < 1.29 is 9.53 Å². The molecule has 0 bridgehead atoms. The summed E-state index contributed by atoms with van der Waals surface area (Å²) in [6.07, 6.45) is 6.03. The fraction of sp³-hybridized carbons (Fsp3) is 0.857. The Kier molecular flexibility index (Phi) is 5.16. The highest BCUT2D eigenvalue weighted by atomic mass is 32.1. The van der Waals surface area contributed by atoms with Crippen molar-refractivity contribution in [1.82, 2.24) is 4.90 Å². The summed E-state index contributed by atoms with van der Waals surface area (Å²) in [4.78, 5) is 14.8. The van der Waals surface area contributed by atoms with Crippen LogP contribution in [0.15, 0.2) is 0 Å². The van der Waals surface area contributed by atoms with Crippen LogP contribution in [0.25, 0.3) is 0 Å². The van der Waals surface area contributed by atoms with Gasteiger partial charge in [0.05, 0.1) is 11.1 Å². The van der Waals surface area contributed by atoms with Crippen LogP contribution in [0.3, 0.4) is 0 Å². The lowest BCUT2D eigenvalue weighted by molar-refractivity contribution is -0.135. The third kappa shape index (κ3) is 4.42. The molecule has 2 aliphatic carbocycles. The Balaban J connectivity index is 1.72. The molecule has 0 saturated heterocycles. The van der Waals surface area contributed by atoms with Gasteiger partial charge in [-0.25, -0.2) is 0 Å². The fourth-order valence-electron chi connectivity index (χ4n) is 2.70. The summed E-state index contributed by atoms with van der Waals surface area (Å²) in [6, 6.07) is 0.449. The van der Waals surface area contributed by atoms with Crippen LogP contribution >= 0.6 is 12.2 Å². The van der Waals surface area contributed by atoms with Gasteiger partial charge in [0.15, 0.2) is 0 Å². The second-order valence-electron chi connectivity index (χ2n) is 5.65. The summed E-state index contributed by atoms with van der Waals surface area (Å²) in [5.74, 6) is 0.786. The van der Waals surface area contributed by atoms with Crippen molar-refractivity contribution >= 4 is 23.1 Å². The van der Waals surface area contributed by atoms with Crippen LogP contribution in [0.1, 0.15) is 45.4 Å². The Morgan fingerprint density at radius 3 is 2.63 bits per heavy atom. The van der Waals surface area contributed by atoms with E-state index in [0.29, 0.717) is 42.4 Å². The molecule has 2 N–H and O–H groups in total. The summed E-state index contributed by atoms with van der Waals surface area (Å²) in [6.45, 7) is 3.48. The minimum Gasteiger partial charge on any atom is -0.393 e. The van der Waals surface area contributed by atoms with Gasteiger partial charge in [0.1, 0.15) is 0 Å². The molecule has 4 nitrogen and oxygen atoms in total. The Hall–Kier alpha value is -0.680. The van der Waals surface area contributed by atoms with E-state index in [2.05, 4.69) is 0 Å². The quantitative estimate of drug-likeness (QED) is 0.691. The van der Waals surface area contributed by atoms with E-state index in [0.717, 1.165) is 32.3 Å². The Bertz CT molecular complexity index is 338. The first kappa shape index (κ1) is 14.7. The smallest absolute Gasteiger partial charge is 0.223 e. The molecule has 0 aromatic rings. The number of rotatable bonds is 8. The van der Waals surface area contributed by atoms with Gasteiger partial charge in [-0.05, 0) is 38.5 Å². The van der Waals surface area contributed by atoms with E-state index in [1.54, 1.807) is 0 Å². The predicted octanol–water partition coefficient (Wildman–Crippen LogP) is 1.86. The number of thiocarbonyl (C=S) groups is 1. The average Bonchev–Trinajstić information content (AvgIpc) is 3.10. The highest BCUT2D eigenvalue weighted by molar-refractivity contribution is 7.80. The molecular weight excluding hydrogens is 260 g/mol. The van der Waals surface area contributed by atoms with Gasteiger partial charge in [-0.1, -0.05) is 12.2 Å². The van der Waals surface area contributed by atoms with Crippen LogP contribution in [0.2, 0.25) is 0 Å². The number of nitrogens with zero attached hydrogens (tertiary/aromatic N) is 1. The first-order chi connectivity index (χ1) is 9.10. The molecule has 0 aliphatic heterocycles. The van der Waals surface area contributed by atoms with Crippen molar-refractivity contribution in [3.8, 4) is 0 Å². The van der Waals surface area contributed by atoms with Gasteiger partial charge in [-0.2, -0.15) is 0 Å². The second kappa shape index (κ2) is 6.66. The van der Waals surface area contributed by atoms with Gasteiger partial charge >= 0.3 is 0 Å². The van der Waals surface area contributed by atoms with E-state index in [1.807, 2.05) is 11.8 Å². The summed E-state index contributed by atoms with van der Waals surface area (Å²) < 4.78 is 5.53. The van der Waals surface area contributed by atoms with Gasteiger partial charge in [0.2, 0.25) is 5.91 Å². The lowest BCUT2D eigenvalue weighted by Crippen LogP contribution is -2.40.